The van der Waals surface area contributed by atoms with E-state index in [0.717, 1.165) is 6.42 Å². The molecule has 2 rings (SSSR count). The van der Waals surface area contributed by atoms with Crippen molar-refractivity contribution < 1.29 is 19.1 Å². The van der Waals surface area contributed by atoms with Crippen molar-refractivity contribution in [1.29, 1.82) is 0 Å². The molecule has 7 heteroatoms. The van der Waals surface area contributed by atoms with Crippen LogP contribution in [0.4, 0.5) is 4.79 Å². The Balaban J connectivity index is 1.79. The molecule has 1 aliphatic rings. The second-order valence-corrected chi connectivity index (χ2v) is 4.67. The lowest BCUT2D eigenvalue weighted by Crippen LogP contribution is -2.45. The fourth-order valence-electron chi connectivity index (χ4n) is 2.29. The molecule has 1 aromatic heterocycles. The number of nitrogens with one attached hydrogen (secondary N) is 2. The number of amides is 2. The van der Waals surface area contributed by atoms with E-state index < -0.39 is 17.9 Å². The van der Waals surface area contributed by atoms with Gasteiger partial charge >= 0.3 is 12.0 Å². The van der Waals surface area contributed by atoms with E-state index in [1.165, 1.54) is 0 Å². The van der Waals surface area contributed by atoms with Gasteiger partial charge in [0.2, 0.25) is 5.89 Å². The van der Waals surface area contributed by atoms with Crippen molar-refractivity contribution in [3.05, 3.63) is 17.8 Å². The van der Waals surface area contributed by atoms with Gasteiger partial charge in [0, 0.05) is 6.04 Å². The van der Waals surface area contributed by atoms with E-state index in [1.54, 1.807) is 13.1 Å². The van der Waals surface area contributed by atoms with Crippen molar-refractivity contribution in [3.63, 3.8) is 0 Å². The first-order valence-corrected chi connectivity index (χ1v) is 6.24. The zero-order chi connectivity index (χ0) is 13.8. The average molecular weight is 267 g/mol. The van der Waals surface area contributed by atoms with E-state index >= 15 is 0 Å². The molecule has 2 amide bonds. The number of carboxylic acid groups (broad SMARTS) is 1. The molecule has 0 bridgehead atoms. The van der Waals surface area contributed by atoms with Crippen LogP contribution < -0.4 is 10.6 Å². The van der Waals surface area contributed by atoms with Crippen LogP contribution in [0.1, 0.15) is 30.9 Å². The fourth-order valence-corrected chi connectivity index (χ4v) is 2.29. The number of aromatic nitrogens is 1. The summed E-state index contributed by atoms with van der Waals surface area (Å²) >= 11 is 0. The molecule has 0 aliphatic heterocycles. The van der Waals surface area contributed by atoms with E-state index in [1.807, 2.05) is 0 Å². The molecule has 2 atom stereocenters. The smallest absolute Gasteiger partial charge is 0.315 e. The topological polar surface area (TPSA) is 104 Å². The Kier molecular flexibility index (Phi) is 4.03. The number of hydrogen-bond acceptors (Lipinski definition) is 4. The van der Waals surface area contributed by atoms with Crippen LogP contribution in [0.15, 0.2) is 10.6 Å². The zero-order valence-electron chi connectivity index (χ0n) is 10.7. The minimum atomic E-state index is -0.855. The highest BCUT2D eigenvalue weighted by Crippen LogP contribution is 2.25. The Morgan fingerprint density at radius 1 is 1.53 bits per heavy atom. The zero-order valence-corrected chi connectivity index (χ0v) is 10.7. The first-order valence-electron chi connectivity index (χ1n) is 6.24. The van der Waals surface area contributed by atoms with Crippen LogP contribution in [-0.4, -0.2) is 28.1 Å². The highest BCUT2D eigenvalue weighted by Gasteiger charge is 2.33. The van der Waals surface area contributed by atoms with Gasteiger partial charge < -0.3 is 20.2 Å². The monoisotopic (exact) mass is 267 g/mol. The molecule has 0 radical (unpaired) electrons. The summed E-state index contributed by atoms with van der Waals surface area (Å²) in [4.78, 5) is 26.6. The molecule has 7 nitrogen and oxygen atoms in total. The van der Waals surface area contributed by atoms with Gasteiger partial charge in [-0.15, -0.1) is 0 Å². The van der Waals surface area contributed by atoms with Gasteiger partial charge in [-0.05, 0) is 19.8 Å². The minimum Gasteiger partial charge on any atom is -0.481 e. The Labute approximate surface area is 110 Å². The van der Waals surface area contributed by atoms with Crippen molar-refractivity contribution in [3.8, 4) is 0 Å². The van der Waals surface area contributed by atoms with Crippen LogP contribution >= 0.6 is 0 Å². The first kappa shape index (κ1) is 13.4. The number of carbonyl (C=O) groups is 2. The van der Waals surface area contributed by atoms with Gasteiger partial charge in [0.05, 0.1) is 18.7 Å². The van der Waals surface area contributed by atoms with Crippen molar-refractivity contribution in [2.24, 2.45) is 5.92 Å². The molecule has 1 aliphatic carbocycles. The van der Waals surface area contributed by atoms with Crippen LogP contribution in [-0.2, 0) is 11.3 Å². The minimum absolute atomic E-state index is 0.185. The van der Waals surface area contributed by atoms with E-state index in [0.29, 0.717) is 24.5 Å². The lowest BCUT2D eigenvalue weighted by atomic mass is 10.0. The highest BCUT2D eigenvalue weighted by atomic mass is 16.4. The first-order chi connectivity index (χ1) is 9.06. The number of hydrogen-bond donors (Lipinski definition) is 3. The van der Waals surface area contributed by atoms with Gasteiger partial charge in [-0.2, -0.15) is 0 Å². The Morgan fingerprint density at radius 3 is 2.95 bits per heavy atom. The summed E-state index contributed by atoms with van der Waals surface area (Å²) in [5, 5.41) is 14.3. The summed E-state index contributed by atoms with van der Waals surface area (Å²) in [7, 11) is 0. The van der Waals surface area contributed by atoms with Crippen molar-refractivity contribution in [2.45, 2.75) is 38.8 Å². The number of carbonyl (C=O) groups excluding carboxylic acids is 1. The summed E-state index contributed by atoms with van der Waals surface area (Å²) in [6.07, 6.45) is 3.70. The number of aliphatic carboxylic acids is 1. The van der Waals surface area contributed by atoms with Gasteiger partial charge in [0.25, 0.3) is 0 Å². The molecular weight excluding hydrogens is 250 g/mol. The maximum absolute atomic E-state index is 11.7. The third-order valence-electron chi connectivity index (χ3n) is 3.22. The van der Waals surface area contributed by atoms with Crippen LogP contribution in [0.5, 0.6) is 0 Å². The quantitative estimate of drug-likeness (QED) is 0.756. The summed E-state index contributed by atoms with van der Waals surface area (Å²) in [6, 6.07) is -0.696. The molecule has 1 aromatic rings. The second-order valence-electron chi connectivity index (χ2n) is 4.67. The lowest BCUT2D eigenvalue weighted by Gasteiger charge is -2.17. The molecule has 19 heavy (non-hydrogen) atoms. The number of rotatable bonds is 4. The van der Waals surface area contributed by atoms with Crippen molar-refractivity contribution in [2.75, 3.05) is 0 Å². The van der Waals surface area contributed by atoms with E-state index in [-0.39, 0.29) is 12.6 Å². The summed E-state index contributed by atoms with van der Waals surface area (Å²) in [5.74, 6) is -0.242. The van der Waals surface area contributed by atoms with Gasteiger partial charge in [-0.1, -0.05) is 6.42 Å². The highest BCUT2D eigenvalue weighted by molar-refractivity contribution is 5.76. The van der Waals surface area contributed by atoms with Crippen LogP contribution in [0.25, 0.3) is 0 Å². The van der Waals surface area contributed by atoms with Gasteiger partial charge in [0.15, 0.2) is 0 Å². The Hall–Kier alpha value is -2.05. The van der Waals surface area contributed by atoms with E-state index in [4.69, 9.17) is 9.52 Å². The van der Waals surface area contributed by atoms with Crippen LogP contribution in [0, 0.1) is 12.8 Å². The summed E-state index contributed by atoms with van der Waals surface area (Å²) < 4.78 is 5.22. The van der Waals surface area contributed by atoms with E-state index in [2.05, 4.69) is 15.6 Å². The average Bonchev–Trinajstić information content (AvgIpc) is 2.95. The van der Waals surface area contributed by atoms with E-state index in [9.17, 15) is 9.59 Å². The van der Waals surface area contributed by atoms with Crippen LogP contribution in [0.3, 0.4) is 0 Å². The fraction of sp³-hybridized carbons (Fsp3) is 0.583. The maximum atomic E-state index is 11.7. The second kappa shape index (κ2) is 5.73. The maximum Gasteiger partial charge on any atom is 0.315 e. The number of oxazole rings is 1. The molecule has 1 saturated carbocycles. The molecule has 0 aromatic carbocycles. The van der Waals surface area contributed by atoms with Gasteiger partial charge in [-0.25, -0.2) is 9.78 Å². The summed E-state index contributed by atoms with van der Waals surface area (Å²) in [6.45, 7) is 1.96. The molecule has 3 N–H and O–H groups in total. The normalized spacial score (nSPS) is 22.2. The predicted octanol–water partition coefficient (Wildman–Crippen LogP) is 1.04. The summed E-state index contributed by atoms with van der Waals surface area (Å²) in [5.41, 5.74) is 0. The third kappa shape index (κ3) is 3.46. The number of carboxylic acids is 1. The van der Waals surface area contributed by atoms with Crippen LogP contribution in [0.2, 0.25) is 0 Å². The predicted molar refractivity (Wildman–Crippen MR) is 65.4 cm³/mol. The molecule has 104 valence electrons. The molecule has 0 spiro atoms. The molecular formula is C12H17N3O4. The van der Waals surface area contributed by atoms with Gasteiger partial charge in [0.1, 0.15) is 5.76 Å². The molecule has 0 saturated heterocycles. The molecule has 1 fully saturated rings. The van der Waals surface area contributed by atoms with Crippen molar-refractivity contribution in [1.82, 2.24) is 15.6 Å². The molecule has 1 heterocycles. The largest absolute Gasteiger partial charge is 0.481 e. The van der Waals surface area contributed by atoms with Gasteiger partial charge in [-0.3, -0.25) is 4.79 Å². The number of aryl methyl sites for hydroxylation is 1. The Morgan fingerprint density at radius 2 is 2.32 bits per heavy atom. The number of urea groups is 1. The standard InChI is InChI=1S/C12H17N3O4/c1-7-5-13-10(19-7)6-14-12(18)15-9-4-2-3-8(9)11(16)17/h5,8-9H,2-4,6H2,1H3,(H,16,17)(H2,14,15,18). The molecule has 2 unspecified atom stereocenters. The Bertz CT molecular complexity index is 471. The SMILES string of the molecule is Cc1cnc(CNC(=O)NC2CCCC2C(=O)O)o1. The third-order valence-corrected chi connectivity index (χ3v) is 3.22. The lowest BCUT2D eigenvalue weighted by molar-refractivity contribution is -0.142. The number of nitrogens with zero attached hydrogens (tertiary/aromatic N) is 1. The van der Waals surface area contributed by atoms with Crippen molar-refractivity contribution >= 4 is 12.0 Å².